The monoisotopic (exact) mass is 380 g/mol. The molecular formula is C21H20N2O5. The maximum atomic E-state index is 12.4. The molecule has 0 fully saturated rings. The lowest BCUT2D eigenvalue weighted by molar-refractivity contribution is -0.384. The van der Waals surface area contributed by atoms with E-state index in [0.717, 1.165) is 23.0 Å². The number of rotatable bonds is 5. The van der Waals surface area contributed by atoms with Crippen LogP contribution >= 0.6 is 0 Å². The first-order valence-corrected chi connectivity index (χ1v) is 8.71. The molecule has 1 heterocycles. The van der Waals surface area contributed by atoms with Crippen molar-refractivity contribution in [2.45, 2.75) is 19.3 Å². The Morgan fingerprint density at radius 3 is 2.57 bits per heavy atom. The molecule has 144 valence electrons. The number of hydrogen-bond donors (Lipinski definition) is 0. The Morgan fingerprint density at radius 2 is 1.89 bits per heavy atom. The van der Waals surface area contributed by atoms with E-state index in [9.17, 15) is 19.7 Å². The van der Waals surface area contributed by atoms with Crippen molar-refractivity contribution in [1.82, 2.24) is 0 Å². The molecule has 1 aliphatic rings. The highest BCUT2D eigenvalue weighted by atomic mass is 16.6. The first kappa shape index (κ1) is 19.3. The molecule has 0 aliphatic carbocycles. The number of carbonyl (C=O) groups is 2. The Hall–Kier alpha value is -3.48. The zero-order valence-electron chi connectivity index (χ0n) is 15.8. The van der Waals surface area contributed by atoms with Crippen molar-refractivity contribution in [2.75, 3.05) is 18.6 Å². The molecule has 0 saturated heterocycles. The van der Waals surface area contributed by atoms with Crippen LogP contribution in [-0.2, 0) is 14.9 Å². The van der Waals surface area contributed by atoms with Gasteiger partial charge in [0, 0.05) is 42.1 Å². The molecule has 0 spiro atoms. The lowest BCUT2D eigenvalue weighted by Crippen LogP contribution is -2.25. The fourth-order valence-corrected chi connectivity index (χ4v) is 3.42. The summed E-state index contributed by atoms with van der Waals surface area (Å²) in [5.74, 6) is -1.14. The number of anilines is 1. The van der Waals surface area contributed by atoms with E-state index in [1.165, 1.54) is 24.3 Å². The van der Waals surface area contributed by atoms with Gasteiger partial charge in [-0.1, -0.05) is 38.1 Å². The van der Waals surface area contributed by atoms with Crippen molar-refractivity contribution in [3.63, 3.8) is 0 Å². The van der Waals surface area contributed by atoms with E-state index < -0.39 is 17.5 Å². The second kappa shape index (κ2) is 7.26. The first-order valence-electron chi connectivity index (χ1n) is 8.71. The van der Waals surface area contributed by atoms with Gasteiger partial charge in [-0.25, -0.2) is 4.79 Å². The third-order valence-electron chi connectivity index (χ3n) is 4.88. The van der Waals surface area contributed by atoms with Gasteiger partial charge in [0.2, 0.25) is 0 Å². The van der Waals surface area contributed by atoms with E-state index in [2.05, 4.69) is 0 Å². The third kappa shape index (κ3) is 3.51. The molecule has 0 aromatic heterocycles. The zero-order chi connectivity index (χ0) is 20.5. The summed E-state index contributed by atoms with van der Waals surface area (Å²) in [5.41, 5.74) is 2.41. The van der Waals surface area contributed by atoms with E-state index in [1.54, 1.807) is 0 Å². The molecule has 0 radical (unpaired) electrons. The summed E-state index contributed by atoms with van der Waals surface area (Å²) in [4.78, 5) is 36.7. The van der Waals surface area contributed by atoms with Crippen LogP contribution in [0, 0.1) is 10.1 Å². The number of carbonyl (C=O) groups excluding carboxylic acids is 2. The van der Waals surface area contributed by atoms with Crippen LogP contribution in [-0.4, -0.2) is 30.3 Å². The molecule has 2 aromatic carbocycles. The van der Waals surface area contributed by atoms with Gasteiger partial charge in [-0.3, -0.25) is 14.9 Å². The largest absolute Gasteiger partial charge is 0.454 e. The van der Waals surface area contributed by atoms with Gasteiger partial charge >= 0.3 is 5.97 Å². The van der Waals surface area contributed by atoms with Crippen LogP contribution in [0.4, 0.5) is 11.4 Å². The number of hydrogen-bond acceptors (Lipinski definition) is 6. The average Bonchev–Trinajstić information content (AvgIpc) is 2.87. The maximum absolute atomic E-state index is 12.4. The fraction of sp³-hybridized carbons (Fsp3) is 0.238. The summed E-state index contributed by atoms with van der Waals surface area (Å²) in [6.45, 7) is 3.62. The molecule has 0 atom stereocenters. The van der Waals surface area contributed by atoms with Gasteiger partial charge in [0.05, 0.1) is 10.5 Å². The third-order valence-corrected chi connectivity index (χ3v) is 4.88. The Kier molecular flexibility index (Phi) is 5.00. The van der Waals surface area contributed by atoms with Crippen LogP contribution in [0.5, 0.6) is 0 Å². The molecule has 28 heavy (non-hydrogen) atoms. The minimum Gasteiger partial charge on any atom is -0.454 e. The molecule has 2 aromatic rings. The van der Waals surface area contributed by atoms with E-state index in [0.29, 0.717) is 0 Å². The van der Waals surface area contributed by atoms with Crippen molar-refractivity contribution >= 4 is 23.1 Å². The predicted octanol–water partition coefficient (Wildman–Crippen LogP) is 3.63. The summed E-state index contributed by atoms with van der Waals surface area (Å²) >= 11 is 0. The smallest absolute Gasteiger partial charge is 0.338 e. The topological polar surface area (TPSA) is 89.8 Å². The number of nitro benzene ring substituents is 1. The highest BCUT2D eigenvalue weighted by molar-refractivity contribution is 5.96. The second-order valence-electron chi connectivity index (χ2n) is 7.08. The molecular weight excluding hydrogens is 360 g/mol. The average molecular weight is 380 g/mol. The van der Waals surface area contributed by atoms with Crippen molar-refractivity contribution in [2.24, 2.45) is 0 Å². The number of benzene rings is 2. The number of ketones is 1. The highest BCUT2D eigenvalue weighted by Crippen LogP contribution is 2.46. The van der Waals surface area contributed by atoms with Gasteiger partial charge in [0.15, 0.2) is 12.4 Å². The van der Waals surface area contributed by atoms with Crippen LogP contribution in [0.1, 0.15) is 29.8 Å². The lowest BCUT2D eigenvalue weighted by Gasteiger charge is -2.23. The number of non-ortho nitro benzene ring substituents is 1. The van der Waals surface area contributed by atoms with Crippen molar-refractivity contribution < 1.29 is 19.2 Å². The first-order chi connectivity index (χ1) is 13.2. The summed E-state index contributed by atoms with van der Waals surface area (Å²) < 4.78 is 5.04. The summed E-state index contributed by atoms with van der Waals surface area (Å²) in [6, 6.07) is 13.1. The molecule has 0 bridgehead atoms. The van der Waals surface area contributed by atoms with Crippen LogP contribution in [0.3, 0.4) is 0 Å². The number of nitrogens with zero attached hydrogens (tertiary/aromatic N) is 2. The highest BCUT2D eigenvalue weighted by Gasteiger charge is 2.38. The summed E-state index contributed by atoms with van der Waals surface area (Å²) in [6.07, 6.45) is 1.49. The number of esters is 1. The van der Waals surface area contributed by atoms with E-state index >= 15 is 0 Å². The number of allylic oxidation sites excluding steroid dienone is 1. The SMILES string of the molecule is CN1/C(=C/C(=O)COC(=O)c2cccc([N+](=O)[O-])c2)C(C)(C)c2ccccc21. The number of ether oxygens (including phenoxy) is 1. The van der Waals surface area contributed by atoms with E-state index in [1.807, 2.05) is 50.1 Å². The predicted molar refractivity (Wildman–Crippen MR) is 104 cm³/mol. The quantitative estimate of drug-likeness (QED) is 0.341. The molecule has 0 amide bonds. The number of likely N-dealkylation sites (N-methyl/N-ethyl adjacent to an activating group) is 1. The Balaban J connectivity index is 1.72. The van der Waals surface area contributed by atoms with Gasteiger partial charge in [-0.15, -0.1) is 0 Å². The number of fused-ring (bicyclic) bond motifs is 1. The second-order valence-corrected chi connectivity index (χ2v) is 7.08. The molecule has 0 unspecified atom stereocenters. The van der Waals surface area contributed by atoms with Gasteiger partial charge in [-0.2, -0.15) is 0 Å². The molecule has 0 N–H and O–H groups in total. The van der Waals surface area contributed by atoms with Gasteiger partial charge in [0.25, 0.3) is 5.69 Å². The number of nitro groups is 1. The Labute approximate surface area is 162 Å². The lowest BCUT2D eigenvalue weighted by atomic mass is 9.83. The molecule has 0 saturated carbocycles. The molecule has 7 heteroatoms. The van der Waals surface area contributed by atoms with Crippen LogP contribution < -0.4 is 4.90 Å². The summed E-state index contributed by atoms with van der Waals surface area (Å²) in [7, 11) is 1.89. The van der Waals surface area contributed by atoms with Crippen LogP contribution in [0.15, 0.2) is 60.3 Å². The number of para-hydroxylation sites is 1. The zero-order valence-corrected chi connectivity index (χ0v) is 15.8. The van der Waals surface area contributed by atoms with Crippen molar-refractivity contribution in [3.05, 3.63) is 81.5 Å². The Bertz CT molecular complexity index is 994. The standard InChI is InChI=1S/C21H20N2O5/c1-21(2)17-9-4-5-10-18(17)22(3)19(21)12-16(24)13-28-20(25)14-7-6-8-15(11-14)23(26)27/h4-12H,13H2,1-3H3/b19-12+. The normalized spacial score (nSPS) is 16.0. The minimum absolute atomic E-state index is 0.0281. The summed E-state index contributed by atoms with van der Waals surface area (Å²) in [5, 5.41) is 10.8. The molecule has 7 nitrogen and oxygen atoms in total. The van der Waals surface area contributed by atoms with Gasteiger partial charge in [0.1, 0.15) is 0 Å². The molecule has 1 aliphatic heterocycles. The van der Waals surface area contributed by atoms with Crippen molar-refractivity contribution in [3.8, 4) is 0 Å². The van der Waals surface area contributed by atoms with Gasteiger partial charge < -0.3 is 9.64 Å². The van der Waals surface area contributed by atoms with E-state index in [-0.39, 0.29) is 22.4 Å². The molecule has 3 rings (SSSR count). The van der Waals surface area contributed by atoms with Crippen LogP contribution in [0.2, 0.25) is 0 Å². The van der Waals surface area contributed by atoms with E-state index in [4.69, 9.17) is 4.74 Å². The van der Waals surface area contributed by atoms with Gasteiger partial charge in [-0.05, 0) is 17.7 Å². The fourth-order valence-electron chi connectivity index (χ4n) is 3.42. The Morgan fingerprint density at radius 1 is 1.18 bits per heavy atom. The van der Waals surface area contributed by atoms with Crippen LogP contribution in [0.25, 0.3) is 0 Å². The van der Waals surface area contributed by atoms with Crippen molar-refractivity contribution in [1.29, 1.82) is 0 Å². The minimum atomic E-state index is -0.780. The maximum Gasteiger partial charge on any atom is 0.338 e.